The Hall–Kier alpha value is -0.523. The average molecular weight is 213 g/mol. The molecule has 0 fully saturated rings. The van der Waals surface area contributed by atoms with Crippen molar-refractivity contribution >= 4 is 14.7 Å². The predicted octanol–water partition coefficient (Wildman–Crippen LogP) is 1.89. The van der Waals surface area contributed by atoms with Gasteiger partial charge in [0.05, 0.1) is 0 Å². The van der Waals surface area contributed by atoms with Crippen LogP contribution in [-0.2, 0) is 4.79 Å². The molecular formula is C7H14F3NOSi. The number of carbonyl (C=O) groups is 1. The minimum Gasteiger partial charge on any atom is -0.265 e. The van der Waals surface area contributed by atoms with Gasteiger partial charge in [-0.1, -0.05) is 19.1 Å². The molecule has 0 bridgehead atoms. The van der Waals surface area contributed by atoms with Gasteiger partial charge in [-0.3, -0.25) is 4.79 Å². The first-order chi connectivity index (χ1) is 5.90. The highest BCUT2D eigenvalue weighted by molar-refractivity contribution is 6.55. The molecule has 2 nitrogen and oxygen atoms in total. The van der Waals surface area contributed by atoms with Gasteiger partial charge in [-0.25, -0.2) is 0 Å². The van der Waals surface area contributed by atoms with E-state index in [9.17, 15) is 18.1 Å². The third-order valence-corrected chi connectivity index (χ3v) is 3.25. The zero-order valence-electron chi connectivity index (χ0n) is 7.74. The van der Waals surface area contributed by atoms with Crippen molar-refractivity contribution in [2.45, 2.75) is 37.9 Å². The zero-order valence-corrected chi connectivity index (χ0v) is 8.90. The Morgan fingerprint density at radius 3 is 2.38 bits per heavy atom. The molecule has 1 N–H and O–H groups in total. The number of nitrogens with one attached hydrogen (secondary N) is 1. The van der Waals surface area contributed by atoms with Crippen LogP contribution in [-0.4, -0.2) is 20.6 Å². The summed E-state index contributed by atoms with van der Waals surface area (Å²) in [5.41, 5.74) is 0.466. The fourth-order valence-corrected chi connectivity index (χ4v) is 1.94. The summed E-state index contributed by atoms with van der Waals surface area (Å²) >= 11 is 0. The molecular weight excluding hydrogens is 199 g/mol. The number of alkyl halides is 2. The first kappa shape index (κ1) is 12.5. The summed E-state index contributed by atoms with van der Waals surface area (Å²) in [5.74, 6) is -5.39. The maximum atomic E-state index is 12.6. The van der Waals surface area contributed by atoms with E-state index in [1.807, 2.05) is 13.1 Å². The molecule has 13 heavy (non-hydrogen) atoms. The van der Waals surface area contributed by atoms with Crippen LogP contribution in [0, 0.1) is 0 Å². The van der Waals surface area contributed by atoms with E-state index in [0.717, 1.165) is 6.04 Å². The van der Waals surface area contributed by atoms with Crippen molar-refractivity contribution in [3.63, 3.8) is 0 Å². The molecule has 0 atom stereocenters. The van der Waals surface area contributed by atoms with Gasteiger partial charge in [0.2, 0.25) is 0 Å². The highest BCUT2D eigenvalue weighted by Crippen LogP contribution is 2.22. The van der Waals surface area contributed by atoms with Gasteiger partial charge in [-0.2, -0.15) is 14.3 Å². The SMILES string of the molecule is C[SiH](C)CCCC(F)(F)C(=O)NF. The van der Waals surface area contributed by atoms with Crippen molar-refractivity contribution in [2.24, 2.45) is 0 Å². The molecule has 0 unspecified atom stereocenters. The van der Waals surface area contributed by atoms with Crippen LogP contribution in [0.3, 0.4) is 0 Å². The van der Waals surface area contributed by atoms with Crippen molar-refractivity contribution in [3.05, 3.63) is 0 Å². The van der Waals surface area contributed by atoms with Crippen molar-refractivity contribution in [1.82, 2.24) is 5.54 Å². The van der Waals surface area contributed by atoms with E-state index < -0.39 is 27.0 Å². The Morgan fingerprint density at radius 1 is 1.46 bits per heavy atom. The lowest BCUT2D eigenvalue weighted by Crippen LogP contribution is -2.36. The highest BCUT2D eigenvalue weighted by atomic mass is 28.3. The topological polar surface area (TPSA) is 29.1 Å². The van der Waals surface area contributed by atoms with Gasteiger partial charge >= 0.3 is 11.8 Å². The summed E-state index contributed by atoms with van der Waals surface area (Å²) in [4.78, 5) is 10.3. The number of halogens is 3. The van der Waals surface area contributed by atoms with Crippen molar-refractivity contribution < 1.29 is 18.1 Å². The maximum absolute atomic E-state index is 12.6. The lowest BCUT2D eigenvalue weighted by molar-refractivity contribution is -0.151. The number of amides is 1. The third-order valence-electron chi connectivity index (χ3n) is 1.69. The Kier molecular flexibility index (Phi) is 5.05. The van der Waals surface area contributed by atoms with Gasteiger partial charge in [0.25, 0.3) is 0 Å². The molecule has 0 aromatic carbocycles. The monoisotopic (exact) mass is 213 g/mol. The first-order valence-corrected chi connectivity index (χ1v) is 7.31. The molecule has 0 aliphatic rings. The van der Waals surface area contributed by atoms with Crippen LogP contribution in [0.4, 0.5) is 13.3 Å². The molecule has 0 aliphatic heterocycles. The molecule has 0 radical (unpaired) electrons. The Morgan fingerprint density at radius 2 is 2.00 bits per heavy atom. The quantitative estimate of drug-likeness (QED) is 0.548. The Bertz CT molecular complexity index is 175. The summed E-state index contributed by atoms with van der Waals surface area (Å²) in [6.45, 7) is 4.07. The van der Waals surface area contributed by atoms with Crippen molar-refractivity contribution in [2.75, 3.05) is 0 Å². The van der Waals surface area contributed by atoms with Gasteiger partial charge in [0.1, 0.15) is 0 Å². The smallest absolute Gasteiger partial charge is 0.265 e. The van der Waals surface area contributed by atoms with E-state index in [0.29, 0.717) is 5.54 Å². The largest absolute Gasteiger partial charge is 0.327 e. The van der Waals surface area contributed by atoms with Crippen LogP contribution in [0.25, 0.3) is 0 Å². The molecule has 0 aromatic heterocycles. The predicted molar refractivity (Wildman–Crippen MR) is 47.1 cm³/mol. The zero-order chi connectivity index (χ0) is 10.5. The molecule has 78 valence electrons. The normalized spacial score (nSPS) is 11.8. The van der Waals surface area contributed by atoms with Crippen molar-refractivity contribution in [3.8, 4) is 0 Å². The number of rotatable bonds is 5. The molecule has 0 aromatic rings. The van der Waals surface area contributed by atoms with Gasteiger partial charge in [0, 0.05) is 15.2 Å². The van der Waals surface area contributed by atoms with E-state index in [2.05, 4.69) is 0 Å². The van der Waals surface area contributed by atoms with Gasteiger partial charge < -0.3 is 0 Å². The molecule has 0 heterocycles. The molecule has 0 saturated heterocycles. The minimum atomic E-state index is -3.56. The van der Waals surface area contributed by atoms with Gasteiger partial charge in [0.15, 0.2) is 0 Å². The van der Waals surface area contributed by atoms with Crippen LogP contribution in [0.1, 0.15) is 12.8 Å². The van der Waals surface area contributed by atoms with Crippen LogP contribution >= 0.6 is 0 Å². The van der Waals surface area contributed by atoms with Gasteiger partial charge in [-0.05, 0) is 6.42 Å². The van der Waals surface area contributed by atoms with E-state index >= 15 is 0 Å². The van der Waals surface area contributed by atoms with Crippen LogP contribution in [0.5, 0.6) is 0 Å². The van der Waals surface area contributed by atoms with Gasteiger partial charge in [-0.15, -0.1) is 4.48 Å². The summed E-state index contributed by atoms with van der Waals surface area (Å²) in [6, 6.07) is 0.745. The fraction of sp³-hybridized carbons (Fsp3) is 0.857. The molecule has 0 rings (SSSR count). The number of carbonyl (C=O) groups excluding carboxylic acids is 1. The van der Waals surface area contributed by atoms with Crippen LogP contribution in [0.15, 0.2) is 0 Å². The van der Waals surface area contributed by atoms with Crippen molar-refractivity contribution in [1.29, 1.82) is 0 Å². The summed E-state index contributed by atoms with van der Waals surface area (Å²) in [6.07, 6.45) is -0.280. The second-order valence-corrected chi connectivity index (χ2v) is 6.78. The second kappa shape index (κ2) is 5.26. The van der Waals surface area contributed by atoms with E-state index in [1.165, 1.54) is 0 Å². The summed E-state index contributed by atoms with van der Waals surface area (Å²) in [5, 5.41) is 0. The minimum absolute atomic E-state index is 0.282. The molecule has 0 spiro atoms. The lowest BCUT2D eigenvalue weighted by atomic mass is 10.2. The van der Waals surface area contributed by atoms with E-state index in [-0.39, 0.29) is 6.42 Å². The van der Waals surface area contributed by atoms with Crippen LogP contribution < -0.4 is 5.54 Å². The van der Waals surface area contributed by atoms with E-state index in [1.54, 1.807) is 0 Å². The first-order valence-electron chi connectivity index (χ1n) is 4.19. The molecule has 6 heteroatoms. The summed E-state index contributed by atoms with van der Waals surface area (Å²) < 4.78 is 36.7. The Balaban J connectivity index is 3.82. The average Bonchev–Trinajstić information content (AvgIpc) is 2.01. The number of hydrogen-bond acceptors (Lipinski definition) is 1. The van der Waals surface area contributed by atoms with E-state index in [4.69, 9.17) is 0 Å². The van der Waals surface area contributed by atoms with Crippen LogP contribution in [0.2, 0.25) is 19.1 Å². The summed E-state index contributed by atoms with van der Waals surface area (Å²) in [7, 11) is -0.859. The standard InChI is InChI=1S/C7H14F3NOSi/c1-13(2)5-3-4-7(8,9)6(12)11-10/h13H,3-5H2,1-2H3,(H,11,12). The highest BCUT2D eigenvalue weighted by Gasteiger charge is 2.38. The Labute approximate surface area is 77.0 Å². The fourth-order valence-electron chi connectivity index (χ4n) is 0.915. The third kappa shape index (κ3) is 4.92. The lowest BCUT2D eigenvalue weighted by Gasteiger charge is -2.12. The molecule has 0 saturated carbocycles. The second-order valence-electron chi connectivity index (χ2n) is 3.41. The molecule has 1 amide bonds. The number of hydrogen-bond donors (Lipinski definition) is 1. The maximum Gasteiger partial charge on any atom is 0.327 e. The molecule has 0 aliphatic carbocycles.